The summed E-state index contributed by atoms with van der Waals surface area (Å²) in [5.41, 5.74) is 6.20. The summed E-state index contributed by atoms with van der Waals surface area (Å²) in [6.45, 7) is -0.133. The Balaban J connectivity index is 1.66. The van der Waals surface area contributed by atoms with Crippen molar-refractivity contribution in [3.8, 4) is 11.5 Å². The molecule has 4 rings (SSSR count). The van der Waals surface area contributed by atoms with Gasteiger partial charge in [-0.15, -0.1) is 0 Å². The van der Waals surface area contributed by atoms with Gasteiger partial charge in [-0.1, -0.05) is 11.6 Å². The Morgan fingerprint density at radius 3 is 2.38 bits per heavy atom. The van der Waals surface area contributed by atoms with Crippen molar-refractivity contribution in [3.05, 3.63) is 77.1 Å². The summed E-state index contributed by atoms with van der Waals surface area (Å²) in [7, 11) is -1.25. The second kappa shape index (κ2) is 11.2. The van der Waals surface area contributed by atoms with E-state index in [4.69, 9.17) is 26.8 Å². The van der Waals surface area contributed by atoms with Crippen molar-refractivity contribution in [1.82, 2.24) is 9.36 Å². The van der Waals surface area contributed by atoms with Gasteiger partial charge in [0.05, 0.1) is 53.3 Å². The molecule has 206 valence electrons. The number of alkyl halides is 3. The Morgan fingerprint density at radius 1 is 1.05 bits per heavy atom. The molecule has 0 saturated carbocycles. The van der Waals surface area contributed by atoms with Gasteiger partial charge in [0.1, 0.15) is 17.8 Å². The van der Waals surface area contributed by atoms with Crippen molar-refractivity contribution in [2.75, 3.05) is 29.6 Å². The highest BCUT2D eigenvalue weighted by Gasteiger charge is 2.31. The molecule has 3 N–H and O–H groups in total. The van der Waals surface area contributed by atoms with Crippen LogP contribution in [0.2, 0.25) is 5.02 Å². The number of sulfonamides is 1. The zero-order valence-electron chi connectivity index (χ0n) is 20.4. The minimum atomic E-state index is -4.55. The zero-order chi connectivity index (χ0) is 28.4. The molecule has 0 bridgehead atoms. The van der Waals surface area contributed by atoms with E-state index in [9.17, 15) is 21.6 Å². The smallest absolute Gasteiger partial charge is 0.416 e. The van der Waals surface area contributed by atoms with Crippen LogP contribution in [-0.2, 0) is 22.7 Å². The van der Waals surface area contributed by atoms with Gasteiger partial charge in [0.2, 0.25) is 5.13 Å². The average molecular weight is 600 g/mol. The highest BCUT2D eigenvalue weighted by molar-refractivity contribution is 7.93. The summed E-state index contributed by atoms with van der Waals surface area (Å²) in [4.78, 5) is 3.93. The largest absolute Gasteiger partial charge is 0.497 e. The lowest BCUT2D eigenvalue weighted by Gasteiger charge is -2.23. The number of nitrogen functional groups attached to an aromatic ring is 1. The Kier molecular flexibility index (Phi) is 8.09. The van der Waals surface area contributed by atoms with Gasteiger partial charge in [-0.05, 0) is 48.5 Å². The van der Waals surface area contributed by atoms with Crippen LogP contribution < -0.4 is 24.8 Å². The molecule has 0 saturated heterocycles. The number of nitrogens with one attached hydrogen (secondary N) is 1. The predicted octanol–water partition coefficient (Wildman–Crippen LogP) is 5.95. The number of aromatic nitrogens is 2. The molecule has 9 nitrogen and oxygen atoms in total. The van der Waals surface area contributed by atoms with Gasteiger partial charge in [0, 0.05) is 23.2 Å². The van der Waals surface area contributed by atoms with E-state index in [0.717, 1.165) is 34.0 Å². The molecule has 0 aliphatic heterocycles. The van der Waals surface area contributed by atoms with Crippen molar-refractivity contribution >= 4 is 55.4 Å². The lowest BCUT2D eigenvalue weighted by atomic mass is 10.2. The predicted molar refractivity (Wildman–Crippen MR) is 143 cm³/mol. The van der Waals surface area contributed by atoms with Crippen molar-refractivity contribution in [2.45, 2.75) is 17.6 Å². The maximum atomic E-state index is 13.8. The maximum absolute atomic E-state index is 13.8. The number of benzene rings is 3. The number of methoxy groups -OCH3 is 2. The molecule has 0 amide bonds. The van der Waals surface area contributed by atoms with Gasteiger partial charge in [0.25, 0.3) is 10.0 Å². The maximum Gasteiger partial charge on any atom is 0.416 e. The van der Waals surface area contributed by atoms with E-state index in [2.05, 4.69) is 14.7 Å². The molecule has 3 aromatic carbocycles. The van der Waals surface area contributed by atoms with Gasteiger partial charge >= 0.3 is 6.18 Å². The second-order valence-electron chi connectivity index (χ2n) is 7.98. The van der Waals surface area contributed by atoms with E-state index in [1.165, 1.54) is 38.7 Å². The standard InChI is InChI=1S/C24H21ClF3N5O4S2/c1-36-16-5-3-14(22(10-16)37-2)12-33(23-30-13-31-38-23)39(34,35)17-6-8-21(19(29)11-17)32-20-7-4-15(9-18(20)25)24(26,27)28/h3-11,13,32H,12,29H2,1-2H3. The van der Waals surface area contributed by atoms with Crippen LogP contribution in [0.5, 0.6) is 11.5 Å². The van der Waals surface area contributed by atoms with Gasteiger partial charge in [-0.25, -0.2) is 17.7 Å². The number of hydrogen-bond acceptors (Lipinski definition) is 9. The zero-order valence-corrected chi connectivity index (χ0v) is 22.7. The van der Waals surface area contributed by atoms with Crippen LogP contribution in [-0.4, -0.2) is 32.0 Å². The van der Waals surface area contributed by atoms with Gasteiger partial charge in [-0.3, -0.25) is 0 Å². The second-order valence-corrected chi connectivity index (χ2v) is 11.0. The van der Waals surface area contributed by atoms with E-state index in [-0.39, 0.29) is 38.7 Å². The molecule has 1 aromatic heterocycles. The summed E-state index contributed by atoms with van der Waals surface area (Å²) < 4.78 is 82.0. The van der Waals surface area contributed by atoms with E-state index in [1.54, 1.807) is 18.2 Å². The summed E-state index contributed by atoms with van der Waals surface area (Å²) in [6, 6.07) is 11.7. The van der Waals surface area contributed by atoms with E-state index in [1.807, 2.05) is 0 Å². The van der Waals surface area contributed by atoms with Crippen LogP contribution in [0.1, 0.15) is 11.1 Å². The fraction of sp³-hybridized carbons (Fsp3) is 0.167. The minimum absolute atomic E-state index is 0.0197. The van der Waals surface area contributed by atoms with Crippen LogP contribution in [0.4, 0.5) is 35.4 Å². The molecule has 0 unspecified atom stereocenters. The van der Waals surface area contributed by atoms with Crippen LogP contribution in [0.25, 0.3) is 0 Å². The third kappa shape index (κ3) is 6.13. The molecule has 4 aromatic rings. The molecule has 0 radical (unpaired) electrons. The number of anilines is 4. The molecule has 0 aliphatic carbocycles. The van der Waals surface area contributed by atoms with E-state index in [0.29, 0.717) is 17.1 Å². The van der Waals surface area contributed by atoms with Crippen molar-refractivity contribution in [2.24, 2.45) is 0 Å². The third-order valence-electron chi connectivity index (χ3n) is 5.55. The number of nitrogens with zero attached hydrogens (tertiary/aromatic N) is 3. The lowest BCUT2D eigenvalue weighted by molar-refractivity contribution is -0.137. The SMILES string of the molecule is COc1ccc(CN(c2ncns2)S(=O)(=O)c2ccc(Nc3ccc(C(F)(F)F)cc3Cl)c(N)c2)c(OC)c1. The first kappa shape index (κ1) is 28.3. The molecule has 0 aliphatic rings. The monoisotopic (exact) mass is 599 g/mol. The van der Waals surface area contributed by atoms with Gasteiger partial charge in [0.15, 0.2) is 0 Å². The number of rotatable bonds is 9. The average Bonchev–Trinajstić information content (AvgIpc) is 3.43. The number of nitrogens with two attached hydrogens (primary N) is 1. The first-order valence-electron chi connectivity index (χ1n) is 11.0. The molecule has 15 heteroatoms. The summed E-state index contributed by atoms with van der Waals surface area (Å²) in [6.07, 6.45) is -3.31. The summed E-state index contributed by atoms with van der Waals surface area (Å²) in [5, 5.41) is 2.77. The van der Waals surface area contributed by atoms with Gasteiger partial charge in [-0.2, -0.15) is 17.5 Å². The number of hydrogen-bond donors (Lipinski definition) is 2. The van der Waals surface area contributed by atoms with Crippen LogP contribution in [0, 0.1) is 0 Å². The van der Waals surface area contributed by atoms with Crippen LogP contribution >= 0.6 is 23.1 Å². The fourth-order valence-electron chi connectivity index (χ4n) is 3.55. The Bertz CT molecular complexity index is 1590. The first-order chi connectivity index (χ1) is 18.4. The lowest BCUT2D eigenvalue weighted by Crippen LogP contribution is -2.30. The van der Waals surface area contributed by atoms with Crippen LogP contribution in [0.3, 0.4) is 0 Å². The van der Waals surface area contributed by atoms with E-state index >= 15 is 0 Å². The van der Waals surface area contributed by atoms with Crippen LogP contribution in [0.15, 0.2) is 65.8 Å². The molecular formula is C24H21ClF3N5O4S2. The molecule has 0 atom stereocenters. The Morgan fingerprint density at radius 2 is 1.79 bits per heavy atom. The topological polar surface area (TPSA) is 120 Å². The van der Waals surface area contributed by atoms with Crippen molar-refractivity contribution in [3.63, 3.8) is 0 Å². The minimum Gasteiger partial charge on any atom is -0.497 e. The highest BCUT2D eigenvalue weighted by atomic mass is 35.5. The van der Waals surface area contributed by atoms with Crippen molar-refractivity contribution in [1.29, 1.82) is 0 Å². The molecule has 39 heavy (non-hydrogen) atoms. The molecule has 1 heterocycles. The number of halogens is 4. The fourth-order valence-corrected chi connectivity index (χ4v) is 5.94. The van der Waals surface area contributed by atoms with E-state index < -0.39 is 21.8 Å². The Hall–Kier alpha value is -3.75. The molecule has 0 spiro atoms. The molecular weight excluding hydrogens is 579 g/mol. The first-order valence-corrected chi connectivity index (χ1v) is 13.6. The summed E-state index contributed by atoms with van der Waals surface area (Å²) in [5.74, 6) is 0.941. The molecule has 0 fully saturated rings. The third-order valence-corrected chi connectivity index (χ3v) is 8.40. The normalized spacial score (nSPS) is 11.7. The Labute approximate surface area is 231 Å². The highest BCUT2D eigenvalue weighted by Crippen LogP contribution is 2.37. The summed E-state index contributed by atoms with van der Waals surface area (Å²) >= 11 is 6.91. The van der Waals surface area contributed by atoms with Gasteiger partial charge < -0.3 is 20.5 Å². The van der Waals surface area contributed by atoms with Crippen molar-refractivity contribution < 1.29 is 31.1 Å². The quantitative estimate of drug-likeness (QED) is 0.227. The number of ether oxygens (including phenoxy) is 2.